The number of halogens is 2. The Morgan fingerprint density at radius 3 is 2.45 bits per heavy atom. The van der Waals surface area contributed by atoms with Crippen LogP contribution in [-0.4, -0.2) is 11.1 Å². The van der Waals surface area contributed by atoms with Crippen LogP contribution in [0.2, 0.25) is 0 Å². The molecule has 0 spiro atoms. The van der Waals surface area contributed by atoms with E-state index in [9.17, 15) is 14.3 Å². The second-order valence-electron chi connectivity index (χ2n) is 4.43. The zero-order chi connectivity index (χ0) is 14.7. The predicted octanol–water partition coefficient (Wildman–Crippen LogP) is 4.13. The Labute approximate surface area is 124 Å². The summed E-state index contributed by atoms with van der Waals surface area (Å²) >= 11 is 3.38. The summed E-state index contributed by atoms with van der Waals surface area (Å²) in [4.78, 5) is 11.4. The highest BCUT2D eigenvalue weighted by molar-refractivity contribution is 9.10. The van der Waals surface area contributed by atoms with Crippen molar-refractivity contribution in [1.29, 1.82) is 0 Å². The molecule has 0 aliphatic heterocycles. The van der Waals surface area contributed by atoms with Gasteiger partial charge in [0.1, 0.15) is 5.82 Å². The Morgan fingerprint density at radius 1 is 1.25 bits per heavy atom. The van der Waals surface area contributed by atoms with Crippen LogP contribution in [0.15, 0.2) is 46.9 Å². The average Bonchev–Trinajstić information content (AvgIpc) is 2.41. The van der Waals surface area contributed by atoms with Gasteiger partial charge in [-0.15, -0.1) is 0 Å². The van der Waals surface area contributed by atoms with Crippen molar-refractivity contribution in [2.24, 2.45) is 0 Å². The molecule has 104 valence electrons. The molecule has 1 atom stereocenters. The summed E-state index contributed by atoms with van der Waals surface area (Å²) in [5, 5.41) is 12.2. The summed E-state index contributed by atoms with van der Waals surface area (Å²) < 4.78 is 13.8. The summed E-state index contributed by atoms with van der Waals surface area (Å²) in [5.74, 6) is -1.35. The molecule has 2 aromatic rings. The smallest absolute Gasteiger partial charge is 0.330 e. The van der Waals surface area contributed by atoms with Gasteiger partial charge >= 0.3 is 5.97 Å². The molecule has 0 saturated heterocycles. The Hall–Kier alpha value is -1.88. The lowest BCUT2D eigenvalue weighted by atomic mass is 10.0. The quantitative estimate of drug-likeness (QED) is 0.881. The van der Waals surface area contributed by atoms with E-state index in [0.717, 1.165) is 10.0 Å². The van der Waals surface area contributed by atoms with Gasteiger partial charge in [0, 0.05) is 10.2 Å². The molecule has 3 nitrogen and oxygen atoms in total. The first-order chi connectivity index (χ1) is 9.47. The van der Waals surface area contributed by atoms with Gasteiger partial charge in [-0.2, -0.15) is 0 Å². The first kappa shape index (κ1) is 14.5. The van der Waals surface area contributed by atoms with Crippen molar-refractivity contribution in [2.75, 3.05) is 5.32 Å². The van der Waals surface area contributed by atoms with Crippen LogP contribution >= 0.6 is 15.9 Å². The Kier molecular flexibility index (Phi) is 4.39. The van der Waals surface area contributed by atoms with Crippen LogP contribution in [0, 0.1) is 12.7 Å². The van der Waals surface area contributed by atoms with Gasteiger partial charge in [-0.25, -0.2) is 9.18 Å². The van der Waals surface area contributed by atoms with E-state index in [4.69, 9.17) is 0 Å². The van der Waals surface area contributed by atoms with Crippen LogP contribution in [0.25, 0.3) is 0 Å². The molecule has 0 amide bonds. The summed E-state index contributed by atoms with van der Waals surface area (Å²) in [5.41, 5.74) is 2.15. The highest BCUT2D eigenvalue weighted by Gasteiger charge is 2.20. The van der Waals surface area contributed by atoms with Gasteiger partial charge in [0.05, 0.1) is 0 Å². The van der Waals surface area contributed by atoms with Crippen molar-refractivity contribution in [1.82, 2.24) is 0 Å². The van der Waals surface area contributed by atoms with Crippen LogP contribution in [0.1, 0.15) is 17.2 Å². The van der Waals surface area contributed by atoms with E-state index in [1.54, 1.807) is 12.1 Å². The van der Waals surface area contributed by atoms with Gasteiger partial charge < -0.3 is 10.4 Å². The minimum Gasteiger partial charge on any atom is -0.479 e. The molecule has 0 radical (unpaired) electrons. The number of benzene rings is 2. The number of carboxylic acids is 1. The maximum atomic E-state index is 12.9. The number of hydrogen-bond donors (Lipinski definition) is 2. The Bertz CT molecular complexity index is 628. The standard InChI is InChI=1S/C15H13BrFNO2/c1-9-8-10(2-7-13(9)16)14(15(19)20)18-12-5-3-11(17)4-6-12/h2-8,14,18H,1H3,(H,19,20). The number of anilines is 1. The normalized spacial score (nSPS) is 11.9. The first-order valence-electron chi connectivity index (χ1n) is 5.98. The van der Waals surface area contributed by atoms with Crippen LogP contribution in [0.5, 0.6) is 0 Å². The van der Waals surface area contributed by atoms with Gasteiger partial charge in [-0.1, -0.05) is 28.1 Å². The molecule has 20 heavy (non-hydrogen) atoms. The summed E-state index contributed by atoms with van der Waals surface area (Å²) in [6, 6.07) is 10.1. The monoisotopic (exact) mass is 337 g/mol. The molecule has 5 heteroatoms. The summed E-state index contributed by atoms with van der Waals surface area (Å²) in [6.07, 6.45) is 0. The van der Waals surface area contributed by atoms with Crippen molar-refractivity contribution in [2.45, 2.75) is 13.0 Å². The zero-order valence-corrected chi connectivity index (χ0v) is 12.3. The van der Waals surface area contributed by atoms with Crippen LogP contribution in [-0.2, 0) is 4.79 Å². The number of hydrogen-bond acceptors (Lipinski definition) is 2. The van der Waals surface area contributed by atoms with Crippen LogP contribution in [0.3, 0.4) is 0 Å². The molecule has 0 aliphatic rings. The molecule has 1 unspecified atom stereocenters. The van der Waals surface area contributed by atoms with Crippen molar-refractivity contribution < 1.29 is 14.3 Å². The van der Waals surface area contributed by atoms with Gasteiger partial charge in [0.25, 0.3) is 0 Å². The summed E-state index contributed by atoms with van der Waals surface area (Å²) in [6.45, 7) is 1.89. The van der Waals surface area contributed by atoms with Crippen molar-refractivity contribution in [3.8, 4) is 0 Å². The predicted molar refractivity (Wildman–Crippen MR) is 79.3 cm³/mol. The fourth-order valence-corrected chi connectivity index (χ4v) is 2.09. The van der Waals surface area contributed by atoms with E-state index < -0.39 is 12.0 Å². The molecule has 2 N–H and O–H groups in total. The van der Waals surface area contributed by atoms with Crippen molar-refractivity contribution in [3.63, 3.8) is 0 Å². The maximum absolute atomic E-state index is 12.9. The largest absolute Gasteiger partial charge is 0.479 e. The van der Waals surface area contributed by atoms with E-state index >= 15 is 0 Å². The van der Waals surface area contributed by atoms with Crippen molar-refractivity contribution in [3.05, 3.63) is 63.9 Å². The van der Waals surface area contributed by atoms with Gasteiger partial charge in [0.2, 0.25) is 0 Å². The Morgan fingerprint density at radius 2 is 1.90 bits per heavy atom. The molecule has 2 aromatic carbocycles. The highest BCUT2D eigenvalue weighted by Crippen LogP contribution is 2.24. The number of rotatable bonds is 4. The minimum atomic E-state index is -0.990. The third-order valence-corrected chi connectivity index (χ3v) is 3.81. The maximum Gasteiger partial charge on any atom is 0.330 e. The number of aryl methyl sites for hydroxylation is 1. The summed E-state index contributed by atoms with van der Waals surface area (Å²) in [7, 11) is 0. The van der Waals surface area contributed by atoms with E-state index in [1.807, 2.05) is 13.0 Å². The van der Waals surface area contributed by atoms with E-state index in [1.165, 1.54) is 24.3 Å². The lowest BCUT2D eigenvalue weighted by Crippen LogP contribution is -2.20. The molecule has 2 rings (SSSR count). The third-order valence-electron chi connectivity index (χ3n) is 2.92. The van der Waals surface area contributed by atoms with E-state index in [-0.39, 0.29) is 5.82 Å². The lowest BCUT2D eigenvalue weighted by molar-refractivity contribution is -0.138. The topological polar surface area (TPSA) is 49.3 Å². The molecule has 0 aliphatic carbocycles. The highest BCUT2D eigenvalue weighted by atomic mass is 79.9. The molecule has 0 heterocycles. The number of nitrogens with one attached hydrogen (secondary N) is 1. The van der Waals surface area contributed by atoms with Crippen LogP contribution < -0.4 is 5.32 Å². The van der Waals surface area contributed by atoms with Gasteiger partial charge in [-0.3, -0.25) is 0 Å². The molecule has 0 aromatic heterocycles. The number of carboxylic acid groups (broad SMARTS) is 1. The van der Waals surface area contributed by atoms with E-state index in [0.29, 0.717) is 11.3 Å². The van der Waals surface area contributed by atoms with Crippen LogP contribution in [0.4, 0.5) is 10.1 Å². The van der Waals surface area contributed by atoms with E-state index in [2.05, 4.69) is 21.2 Å². The minimum absolute atomic E-state index is 0.359. The molecule has 0 bridgehead atoms. The first-order valence-corrected chi connectivity index (χ1v) is 6.77. The average molecular weight is 338 g/mol. The second-order valence-corrected chi connectivity index (χ2v) is 5.29. The van der Waals surface area contributed by atoms with Crippen molar-refractivity contribution >= 4 is 27.6 Å². The SMILES string of the molecule is Cc1cc(C(Nc2ccc(F)cc2)C(=O)O)ccc1Br. The lowest BCUT2D eigenvalue weighted by Gasteiger charge is -2.17. The second kappa shape index (κ2) is 6.05. The molecular weight excluding hydrogens is 325 g/mol. The molecular formula is C15H13BrFNO2. The molecule has 0 saturated carbocycles. The van der Waals surface area contributed by atoms with Gasteiger partial charge in [-0.05, 0) is 48.4 Å². The number of carbonyl (C=O) groups is 1. The third kappa shape index (κ3) is 3.36. The fraction of sp³-hybridized carbons (Fsp3) is 0.133. The zero-order valence-electron chi connectivity index (χ0n) is 10.7. The molecule has 0 fully saturated rings. The number of aliphatic carboxylic acids is 1. The fourth-order valence-electron chi connectivity index (χ4n) is 1.85. The Balaban J connectivity index is 2.29. The van der Waals surface area contributed by atoms with Gasteiger partial charge in [0.15, 0.2) is 6.04 Å².